The Kier molecular flexibility index (Phi) is 36.3. The van der Waals surface area contributed by atoms with E-state index >= 15 is 0 Å². The maximum absolute atomic E-state index is 12.4. The summed E-state index contributed by atoms with van der Waals surface area (Å²) in [5.41, 5.74) is 6.72. The van der Waals surface area contributed by atoms with Crippen LogP contribution >= 0.6 is 58.0 Å². The van der Waals surface area contributed by atoms with Crippen LogP contribution in [0.5, 0.6) is 34.5 Å². The van der Waals surface area contributed by atoms with Crippen LogP contribution in [0.2, 0.25) is 0 Å². The minimum Gasteiger partial charge on any atom is -0.780 e. The number of hydrogen-bond acceptors (Lipinski definition) is 16. The van der Waals surface area contributed by atoms with Crippen molar-refractivity contribution in [1.29, 1.82) is 0 Å². The quantitative estimate of drug-likeness (QED) is 0.0235. The van der Waals surface area contributed by atoms with Crippen molar-refractivity contribution in [2.75, 3.05) is 41.2 Å². The van der Waals surface area contributed by atoms with Crippen LogP contribution in [0.1, 0.15) is 174 Å². The molecule has 2 unspecified atom stereocenters. The van der Waals surface area contributed by atoms with E-state index in [9.17, 15) is 4.79 Å². The molecule has 0 spiro atoms. The van der Waals surface area contributed by atoms with E-state index in [2.05, 4.69) is 132 Å². The predicted molar refractivity (Wildman–Crippen MR) is 400 cm³/mol. The zero-order valence-corrected chi connectivity index (χ0v) is 63.8. The van der Waals surface area contributed by atoms with Crippen LogP contribution in [0.25, 0.3) is 20.3 Å². The van der Waals surface area contributed by atoms with Crippen LogP contribution in [-0.2, 0) is 67.0 Å². The number of hydrogen-bond donors (Lipinski definition) is 0. The first-order chi connectivity index (χ1) is 43.1. The van der Waals surface area contributed by atoms with E-state index in [1.165, 1.54) is 62.9 Å². The molecule has 0 saturated carbocycles. The Bertz CT molecular complexity index is 3390. The van der Waals surface area contributed by atoms with Crippen molar-refractivity contribution in [2.45, 2.75) is 165 Å². The van der Waals surface area contributed by atoms with Gasteiger partial charge in [-0.25, -0.2) is 0 Å². The van der Waals surface area contributed by atoms with Gasteiger partial charge in [-0.3, -0.25) is 4.79 Å². The number of methoxy groups -OCH3 is 3. The molecule has 7 nitrogen and oxygen atoms in total. The monoisotopic (exact) mass is 1440 g/mol. The molecule has 498 valence electrons. The summed E-state index contributed by atoms with van der Waals surface area (Å²) in [6.07, 6.45) is 7.35. The Labute approximate surface area is 598 Å². The third-order valence-corrected chi connectivity index (χ3v) is 22.7. The SMILES string of the molecule is CCC(C)c1ccc(OCCC(C)C)c(-c2sc(=O)sc2Sc2ccc(OC)cc2)c1.CCC(C)c1ccc(OCCC(C)C)c(C([S-])=C([S-])Sc2ccc(OC)cc2)c1.CCC(CC)c1ccc(OCCC(C)C)c(C([S-])=C([S-])Sc2ccc(OC)cc2)c1.[Ni]. The Hall–Kier alpha value is -4.13. The van der Waals surface area contributed by atoms with Crippen LogP contribution < -0.4 is 32.5 Å². The van der Waals surface area contributed by atoms with Gasteiger partial charge in [-0.2, -0.15) is 18.3 Å². The van der Waals surface area contributed by atoms with E-state index in [0.29, 0.717) is 73.6 Å². The van der Waals surface area contributed by atoms with E-state index in [1.54, 1.807) is 33.1 Å². The summed E-state index contributed by atoms with van der Waals surface area (Å²) in [5.74, 6) is 8.18. The van der Waals surface area contributed by atoms with E-state index in [1.807, 2.05) is 78.9 Å². The van der Waals surface area contributed by atoms with E-state index in [-0.39, 0.29) is 20.5 Å². The zero-order valence-electron chi connectivity index (χ0n) is 55.5. The molecular weight excluding hydrogens is 1350 g/mol. The van der Waals surface area contributed by atoms with Gasteiger partial charge in [-0.1, -0.05) is 136 Å². The van der Waals surface area contributed by atoms with Gasteiger partial charge in [0, 0.05) is 36.7 Å². The molecule has 0 aliphatic heterocycles. The summed E-state index contributed by atoms with van der Waals surface area (Å²) >= 11 is 30.3. The molecule has 17 heteroatoms. The van der Waals surface area contributed by atoms with Crippen LogP contribution in [0.4, 0.5) is 0 Å². The molecule has 0 amide bonds. The van der Waals surface area contributed by atoms with Crippen molar-refractivity contribution < 1.29 is 44.9 Å². The molecule has 1 heterocycles. The fourth-order valence-corrected chi connectivity index (χ4v) is 15.2. The largest absolute Gasteiger partial charge is 0.780 e. The fourth-order valence-electron chi connectivity index (χ4n) is 8.93. The molecule has 91 heavy (non-hydrogen) atoms. The fraction of sp³-hybridized carbons (Fsp3) is 0.419. The summed E-state index contributed by atoms with van der Waals surface area (Å²) in [6, 6.07) is 42.9. The number of rotatable bonds is 31. The second-order valence-electron chi connectivity index (χ2n) is 23.1. The van der Waals surface area contributed by atoms with Crippen molar-refractivity contribution in [2.24, 2.45) is 17.8 Å². The number of benzene rings is 6. The molecule has 0 saturated heterocycles. The maximum atomic E-state index is 12.4. The second kappa shape index (κ2) is 41.6. The van der Waals surface area contributed by atoms with Crippen molar-refractivity contribution in [3.63, 3.8) is 0 Å². The summed E-state index contributed by atoms with van der Waals surface area (Å²) in [5, 5.41) is 0. The standard InChI is InChI=1S/C25H30O3S3.C25H34O2S3.C24H32O2S3.Ni/c1-6-17(4)18-7-12-22(28-14-13-16(2)3)21(15-18)23-24(31-25(26)30-23)29-20-10-8-19(27-5)9-11-20;1-6-18(7-2)19-8-13-23(27-15-14-17(3)4)22(16-19)24(28)25(29)30-21-11-9-20(26-5)10-12-21;1-6-17(4)18-7-12-22(26-14-13-16(2)3)21(15-18)23(27)24(28)29-20-10-8-19(25-5)9-11-20;/h7-12,15-17H,6,13-14H2,1-5H3;8-13,16-18,28-29H,6-7,14-15H2,1-5H3;7-12,15-17,27-28H,6,13-14H2,1-5H3;/p-4. The molecule has 0 aliphatic rings. The van der Waals surface area contributed by atoms with E-state index in [4.69, 9.17) is 78.9 Å². The zero-order chi connectivity index (χ0) is 65.9. The number of thioether (sulfide) groups is 2. The van der Waals surface area contributed by atoms with Gasteiger partial charge in [0.05, 0.1) is 50.2 Å². The molecule has 0 radical (unpaired) electrons. The first-order valence-corrected chi connectivity index (χ1v) is 36.9. The number of ether oxygens (including phenoxy) is 6. The Balaban J connectivity index is 0.000000290. The first kappa shape index (κ1) is 79.3. The van der Waals surface area contributed by atoms with Crippen molar-refractivity contribution in [3.8, 4) is 44.9 Å². The van der Waals surface area contributed by atoms with Gasteiger partial charge < -0.3 is 78.9 Å². The molecule has 7 rings (SSSR count). The minimum absolute atomic E-state index is 0. The maximum Gasteiger partial charge on any atom is 0.289 e. The Morgan fingerprint density at radius 3 is 1.20 bits per heavy atom. The van der Waals surface area contributed by atoms with Crippen molar-refractivity contribution >= 4 is 118 Å². The first-order valence-electron chi connectivity index (χ1n) is 31.2. The van der Waals surface area contributed by atoms with Gasteiger partial charge in [0.25, 0.3) is 4.06 Å². The van der Waals surface area contributed by atoms with Crippen LogP contribution in [0, 0.1) is 17.8 Å². The topological polar surface area (TPSA) is 72.5 Å². The van der Waals surface area contributed by atoms with Gasteiger partial charge in [-0.05, 0) is 217 Å². The summed E-state index contributed by atoms with van der Waals surface area (Å²) in [6.45, 7) is 28.5. The van der Waals surface area contributed by atoms with Gasteiger partial charge in [-0.15, -0.1) is 23.5 Å². The van der Waals surface area contributed by atoms with E-state index in [0.717, 1.165) is 120 Å². The van der Waals surface area contributed by atoms with Crippen LogP contribution in [0.3, 0.4) is 0 Å². The molecule has 0 bridgehead atoms. The molecule has 6 aromatic carbocycles. The smallest absolute Gasteiger partial charge is 0.289 e. The molecule has 1 aromatic heterocycles. The molecular formula is C74H92NiO7S9-4. The summed E-state index contributed by atoms with van der Waals surface area (Å²) in [4.78, 5) is 17.9. The van der Waals surface area contributed by atoms with Crippen molar-refractivity contribution in [3.05, 3.63) is 173 Å². The van der Waals surface area contributed by atoms with Gasteiger partial charge >= 0.3 is 0 Å². The Morgan fingerprint density at radius 2 is 0.813 bits per heavy atom. The third kappa shape index (κ3) is 25.8. The second-order valence-corrected chi connectivity index (χ2v) is 31.0. The molecule has 0 fully saturated rings. The van der Waals surface area contributed by atoms with Gasteiger partial charge in [0.2, 0.25) is 0 Å². The van der Waals surface area contributed by atoms with Gasteiger partial charge in [0.15, 0.2) is 0 Å². The average Bonchev–Trinajstić information content (AvgIpc) is 1.87. The summed E-state index contributed by atoms with van der Waals surface area (Å²) in [7, 11) is 4.98. The van der Waals surface area contributed by atoms with E-state index < -0.39 is 0 Å². The Morgan fingerprint density at radius 1 is 0.451 bits per heavy atom. The average molecular weight is 1440 g/mol. The molecule has 0 N–H and O–H groups in total. The van der Waals surface area contributed by atoms with Crippen LogP contribution in [-0.4, -0.2) is 41.2 Å². The molecule has 7 aromatic rings. The molecule has 0 aliphatic carbocycles. The molecule has 2 atom stereocenters. The minimum atomic E-state index is 0. The normalized spacial score (nSPS) is 12.4. The summed E-state index contributed by atoms with van der Waals surface area (Å²) < 4.78 is 36.6. The van der Waals surface area contributed by atoms with Crippen molar-refractivity contribution in [1.82, 2.24) is 0 Å². The van der Waals surface area contributed by atoms with Crippen LogP contribution in [0.15, 0.2) is 160 Å². The third-order valence-electron chi connectivity index (χ3n) is 15.2. The predicted octanol–water partition coefficient (Wildman–Crippen LogP) is 22.6. The van der Waals surface area contributed by atoms with Gasteiger partial charge in [0.1, 0.15) is 34.5 Å².